The van der Waals surface area contributed by atoms with E-state index in [9.17, 15) is 8.42 Å². The Morgan fingerprint density at radius 2 is 1.81 bits per heavy atom. The molecular weight excluding hydrogens is 426 g/mol. The highest BCUT2D eigenvalue weighted by Gasteiger charge is 2.27. The Balaban J connectivity index is 1.57. The Morgan fingerprint density at radius 3 is 2.47 bits per heavy atom. The monoisotopic (exact) mass is 453 g/mol. The number of aromatic nitrogens is 1. The third kappa shape index (κ3) is 4.71. The summed E-state index contributed by atoms with van der Waals surface area (Å²) in [5.41, 5.74) is 2.63. The minimum Gasteiger partial charge on any atom is -0.496 e. The van der Waals surface area contributed by atoms with Gasteiger partial charge in [-0.3, -0.25) is 4.72 Å². The van der Waals surface area contributed by atoms with E-state index >= 15 is 0 Å². The van der Waals surface area contributed by atoms with E-state index in [1.54, 1.807) is 19.2 Å². The van der Waals surface area contributed by atoms with Crippen LogP contribution in [-0.4, -0.2) is 45.5 Å². The maximum absolute atomic E-state index is 13.1. The van der Waals surface area contributed by atoms with Crippen molar-refractivity contribution >= 4 is 15.7 Å². The van der Waals surface area contributed by atoms with Gasteiger partial charge in [-0.05, 0) is 69.3 Å². The van der Waals surface area contributed by atoms with E-state index in [1.807, 2.05) is 36.4 Å². The van der Waals surface area contributed by atoms with Crippen LogP contribution in [0.4, 0.5) is 5.69 Å². The Morgan fingerprint density at radius 1 is 1.03 bits per heavy atom. The number of para-hydroxylation sites is 1. The van der Waals surface area contributed by atoms with E-state index < -0.39 is 10.0 Å². The number of ether oxygens (including phenoxy) is 2. The maximum Gasteiger partial charge on any atom is 0.263 e. The van der Waals surface area contributed by atoms with Crippen LogP contribution < -0.4 is 14.2 Å². The highest BCUT2D eigenvalue weighted by Crippen LogP contribution is 2.36. The summed E-state index contributed by atoms with van der Waals surface area (Å²) in [7, 11) is 1.96. The number of benzene rings is 2. The maximum atomic E-state index is 13.1. The van der Waals surface area contributed by atoms with Gasteiger partial charge >= 0.3 is 0 Å². The smallest absolute Gasteiger partial charge is 0.263 e. The zero-order valence-electron chi connectivity index (χ0n) is 18.4. The highest BCUT2D eigenvalue weighted by atomic mass is 32.2. The molecule has 0 saturated carbocycles. The predicted molar refractivity (Wildman–Crippen MR) is 124 cm³/mol. The van der Waals surface area contributed by atoms with E-state index in [4.69, 9.17) is 9.47 Å². The van der Waals surface area contributed by atoms with Crippen molar-refractivity contribution in [1.29, 1.82) is 0 Å². The lowest BCUT2D eigenvalue weighted by Gasteiger charge is -2.32. The van der Waals surface area contributed by atoms with E-state index in [1.165, 1.54) is 12.3 Å². The lowest BCUT2D eigenvalue weighted by Crippen LogP contribution is -2.34. The normalized spacial score (nSPS) is 15.8. The summed E-state index contributed by atoms with van der Waals surface area (Å²) in [6.45, 7) is 0. The predicted octanol–water partition coefficient (Wildman–Crippen LogP) is 4.10. The van der Waals surface area contributed by atoms with Gasteiger partial charge in [-0.1, -0.05) is 18.2 Å². The van der Waals surface area contributed by atoms with Crippen LogP contribution in [0.25, 0.3) is 0 Å². The van der Waals surface area contributed by atoms with Crippen LogP contribution in [0.15, 0.2) is 65.7 Å². The molecule has 1 aliphatic carbocycles. The van der Waals surface area contributed by atoms with Gasteiger partial charge in [0, 0.05) is 17.7 Å². The number of pyridine rings is 1. The Bertz CT molecular complexity index is 1180. The molecule has 168 valence electrons. The first-order valence-corrected chi connectivity index (χ1v) is 11.9. The van der Waals surface area contributed by atoms with Crippen LogP contribution >= 0.6 is 0 Å². The fourth-order valence-electron chi connectivity index (χ4n) is 3.96. The number of fused-ring (bicyclic) bond motifs is 1. The van der Waals surface area contributed by atoms with Gasteiger partial charge < -0.3 is 14.4 Å². The largest absolute Gasteiger partial charge is 0.496 e. The molecule has 3 aromatic rings. The Labute approximate surface area is 189 Å². The molecule has 0 saturated heterocycles. The average Bonchev–Trinajstić information content (AvgIpc) is 2.80. The van der Waals surface area contributed by atoms with Gasteiger partial charge in [0.05, 0.1) is 19.0 Å². The van der Waals surface area contributed by atoms with Crippen molar-refractivity contribution in [2.45, 2.75) is 30.2 Å². The van der Waals surface area contributed by atoms with Crippen molar-refractivity contribution in [1.82, 2.24) is 9.88 Å². The number of nitrogens with one attached hydrogen (secondary N) is 1. The summed E-state index contributed by atoms with van der Waals surface area (Å²) in [5.74, 6) is 1.75. The molecule has 2 aromatic carbocycles. The van der Waals surface area contributed by atoms with Gasteiger partial charge in [0.2, 0.25) is 5.88 Å². The molecule has 0 radical (unpaired) electrons. The topological polar surface area (TPSA) is 80.8 Å². The summed E-state index contributed by atoms with van der Waals surface area (Å²) in [6, 6.07) is 16.2. The molecule has 1 N–H and O–H groups in total. The summed E-state index contributed by atoms with van der Waals surface area (Å²) in [4.78, 5) is 6.43. The molecule has 0 unspecified atom stereocenters. The second-order valence-electron chi connectivity index (χ2n) is 7.99. The van der Waals surface area contributed by atoms with E-state index in [0.29, 0.717) is 23.4 Å². The standard InChI is InChI=1S/C24H27N3O4S/c1-27(2)17-9-11-20-21(15-17)23(30-3)13-12-22(20)26-32(28,29)19-10-14-24(25-16-19)31-18-7-5-4-6-8-18/h4-8,10,12-14,16-17,26H,9,11,15H2,1-3H3/t17-/m0/s1. The molecular formula is C24H27N3O4S. The van der Waals surface area contributed by atoms with Gasteiger partial charge in [-0.15, -0.1) is 0 Å². The fourth-order valence-corrected chi connectivity index (χ4v) is 4.99. The molecule has 0 fully saturated rings. The van der Waals surface area contributed by atoms with Gasteiger partial charge in [0.25, 0.3) is 10.0 Å². The zero-order chi connectivity index (χ0) is 22.7. The zero-order valence-corrected chi connectivity index (χ0v) is 19.2. The lowest BCUT2D eigenvalue weighted by atomic mass is 9.86. The van der Waals surface area contributed by atoms with Crippen molar-refractivity contribution in [3.63, 3.8) is 0 Å². The van der Waals surface area contributed by atoms with Gasteiger partial charge in [0.15, 0.2) is 0 Å². The molecule has 0 aliphatic heterocycles. The quantitative estimate of drug-likeness (QED) is 0.580. The van der Waals surface area contributed by atoms with E-state index in [2.05, 4.69) is 28.7 Å². The molecule has 1 atom stereocenters. The molecule has 32 heavy (non-hydrogen) atoms. The molecule has 4 rings (SSSR count). The van der Waals surface area contributed by atoms with Crippen LogP contribution in [0.1, 0.15) is 17.5 Å². The van der Waals surface area contributed by atoms with Gasteiger partial charge in [-0.2, -0.15) is 0 Å². The van der Waals surface area contributed by atoms with E-state index in [-0.39, 0.29) is 4.90 Å². The molecule has 1 aromatic heterocycles. The Kier molecular flexibility index (Phi) is 6.34. The number of nitrogens with zero attached hydrogens (tertiary/aromatic N) is 2. The summed E-state index contributed by atoms with van der Waals surface area (Å²) >= 11 is 0. The average molecular weight is 454 g/mol. The van der Waals surface area contributed by atoms with Crippen LogP contribution in [0.5, 0.6) is 17.4 Å². The first-order chi connectivity index (χ1) is 15.4. The number of likely N-dealkylation sites (N-methyl/N-ethyl adjacent to an activating group) is 1. The highest BCUT2D eigenvalue weighted by molar-refractivity contribution is 7.92. The third-order valence-corrected chi connectivity index (χ3v) is 7.09. The van der Waals surface area contributed by atoms with Crippen LogP contribution in [0.2, 0.25) is 0 Å². The molecule has 0 amide bonds. The SMILES string of the molecule is COc1ccc(NS(=O)(=O)c2ccc(Oc3ccccc3)nc2)c2c1C[C@@H](N(C)C)CC2. The van der Waals surface area contributed by atoms with Crippen LogP contribution in [0.3, 0.4) is 0 Å². The van der Waals surface area contributed by atoms with Crippen LogP contribution in [-0.2, 0) is 22.9 Å². The number of hydrogen-bond donors (Lipinski definition) is 1. The van der Waals surface area contributed by atoms with Crippen molar-refractivity contribution in [2.24, 2.45) is 0 Å². The Hall–Kier alpha value is -3.10. The molecule has 0 bridgehead atoms. The number of rotatable bonds is 7. The van der Waals surface area contributed by atoms with E-state index in [0.717, 1.165) is 36.1 Å². The van der Waals surface area contributed by atoms with Crippen LogP contribution in [0, 0.1) is 0 Å². The van der Waals surface area contributed by atoms with Crippen molar-refractivity contribution in [3.05, 3.63) is 71.9 Å². The van der Waals surface area contributed by atoms with Crippen molar-refractivity contribution in [3.8, 4) is 17.4 Å². The summed E-state index contributed by atoms with van der Waals surface area (Å²) in [5, 5.41) is 0. The number of anilines is 1. The molecule has 1 aliphatic rings. The van der Waals surface area contributed by atoms with Crippen molar-refractivity contribution < 1.29 is 17.9 Å². The van der Waals surface area contributed by atoms with Crippen molar-refractivity contribution in [2.75, 3.05) is 25.9 Å². The molecule has 0 spiro atoms. The second-order valence-corrected chi connectivity index (χ2v) is 9.67. The second kappa shape index (κ2) is 9.18. The minimum atomic E-state index is -3.81. The minimum absolute atomic E-state index is 0.0736. The third-order valence-electron chi connectivity index (χ3n) is 5.74. The number of methoxy groups -OCH3 is 1. The summed E-state index contributed by atoms with van der Waals surface area (Å²) in [6.07, 6.45) is 3.84. The summed E-state index contributed by atoms with van der Waals surface area (Å²) < 4.78 is 40.1. The fraction of sp³-hybridized carbons (Fsp3) is 0.292. The van der Waals surface area contributed by atoms with Gasteiger partial charge in [0.1, 0.15) is 16.4 Å². The number of sulfonamides is 1. The molecule has 7 nitrogen and oxygen atoms in total. The van der Waals surface area contributed by atoms with Gasteiger partial charge in [-0.25, -0.2) is 13.4 Å². The first-order valence-electron chi connectivity index (χ1n) is 10.4. The number of hydrogen-bond acceptors (Lipinski definition) is 6. The lowest BCUT2D eigenvalue weighted by molar-refractivity contribution is 0.265. The first kappa shape index (κ1) is 22.1. The molecule has 8 heteroatoms. The molecule has 1 heterocycles.